The van der Waals surface area contributed by atoms with Gasteiger partial charge in [-0.1, -0.05) is 268 Å². The van der Waals surface area contributed by atoms with Crippen molar-refractivity contribution in [2.75, 3.05) is 13.2 Å². The van der Waals surface area contributed by atoms with E-state index in [0.717, 1.165) is 83.5 Å². The topological polar surface area (TPSA) is 78.9 Å². The maximum absolute atomic E-state index is 12.9. The molecule has 6 nitrogen and oxygen atoms in total. The average molecular weight is 968 g/mol. The lowest BCUT2D eigenvalue weighted by atomic mass is 10.0. The van der Waals surface area contributed by atoms with Crippen LogP contribution < -0.4 is 0 Å². The molecule has 0 aliphatic heterocycles. The highest BCUT2D eigenvalue weighted by Gasteiger charge is 2.19. The largest absolute Gasteiger partial charge is 0.462 e. The van der Waals surface area contributed by atoms with E-state index in [2.05, 4.69) is 69.4 Å². The van der Waals surface area contributed by atoms with Gasteiger partial charge in [0.25, 0.3) is 0 Å². The number of hydrogen-bond donors (Lipinski definition) is 0. The Balaban J connectivity index is 4.28. The van der Waals surface area contributed by atoms with E-state index in [9.17, 15) is 14.4 Å². The number of esters is 3. The molecule has 402 valence electrons. The number of carbonyl (C=O) groups excluding carboxylic acids is 3. The second-order valence-corrected chi connectivity index (χ2v) is 20.3. The fraction of sp³-hybridized carbons (Fsp3) is 0.825. The molecule has 0 aliphatic carbocycles. The lowest BCUT2D eigenvalue weighted by Gasteiger charge is -2.18. The number of rotatable bonds is 55. The summed E-state index contributed by atoms with van der Waals surface area (Å²) in [5.74, 6) is -0.877. The van der Waals surface area contributed by atoms with Gasteiger partial charge in [-0.15, -0.1) is 0 Å². The molecule has 0 amide bonds. The Morgan fingerprint density at radius 3 is 0.870 bits per heavy atom. The van der Waals surface area contributed by atoms with Crippen molar-refractivity contribution in [3.05, 3.63) is 48.6 Å². The maximum Gasteiger partial charge on any atom is 0.306 e. The van der Waals surface area contributed by atoms with Crippen molar-refractivity contribution in [1.82, 2.24) is 0 Å². The standard InChI is InChI=1S/C63H114O6/c1-4-7-10-13-16-19-22-24-26-28-29-30-31-32-33-35-36-38-41-44-47-50-53-56-62(65)68-59-60(58-67-61(64)55-52-49-46-43-40-21-18-15-12-9-6-3)69-63(66)57-54-51-48-45-42-39-37-34-27-25-23-20-17-14-11-8-5-2/h15,18,22,24,28-29,31-32,60H,4-14,16-17,19-21,23,25-27,30,33-59H2,1-3H3/b18-15-,24-22-,29-28-,32-31-. The molecule has 0 rings (SSSR count). The van der Waals surface area contributed by atoms with Crippen molar-refractivity contribution >= 4 is 17.9 Å². The summed E-state index contributed by atoms with van der Waals surface area (Å²) in [6, 6.07) is 0. The maximum atomic E-state index is 12.9. The summed E-state index contributed by atoms with van der Waals surface area (Å²) in [7, 11) is 0. The molecule has 0 aromatic rings. The minimum atomic E-state index is -0.777. The first-order valence-electron chi connectivity index (χ1n) is 30.1. The first kappa shape index (κ1) is 66.4. The van der Waals surface area contributed by atoms with Crippen molar-refractivity contribution in [1.29, 1.82) is 0 Å². The molecule has 0 saturated carbocycles. The zero-order chi connectivity index (χ0) is 50.0. The van der Waals surface area contributed by atoms with Gasteiger partial charge >= 0.3 is 17.9 Å². The Morgan fingerprint density at radius 2 is 0.536 bits per heavy atom. The molecule has 0 spiro atoms. The number of carbonyl (C=O) groups is 3. The fourth-order valence-corrected chi connectivity index (χ4v) is 8.73. The van der Waals surface area contributed by atoms with Crippen LogP contribution in [0.5, 0.6) is 0 Å². The van der Waals surface area contributed by atoms with E-state index >= 15 is 0 Å². The highest BCUT2D eigenvalue weighted by atomic mass is 16.6. The number of hydrogen-bond acceptors (Lipinski definition) is 6. The summed E-state index contributed by atoms with van der Waals surface area (Å²) < 4.78 is 16.9. The molecular formula is C63H114O6. The summed E-state index contributed by atoms with van der Waals surface area (Å²) in [5.41, 5.74) is 0. The van der Waals surface area contributed by atoms with Gasteiger partial charge in [0.15, 0.2) is 6.10 Å². The van der Waals surface area contributed by atoms with Crippen molar-refractivity contribution in [3.8, 4) is 0 Å². The third-order valence-corrected chi connectivity index (χ3v) is 13.3. The first-order chi connectivity index (χ1) is 34.0. The van der Waals surface area contributed by atoms with E-state index in [4.69, 9.17) is 14.2 Å². The van der Waals surface area contributed by atoms with Gasteiger partial charge in [0.2, 0.25) is 0 Å². The van der Waals surface area contributed by atoms with Gasteiger partial charge in [0.1, 0.15) is 13.2 Å². The lowest BCUT2D eigenvalue weighted by molar-refractivity contribution is -0.167. The molecule has 1 atom stereocenters. The molecule has 1 unspecified atom stereocenters. The van der Waals surface area contributed by atoms with Crippen LogP contribution >= 0.6 is 0 Å². The van der Waals surface area contributed by atoms with E-state index in [-0.39, 0.29) is 31.1 Å². The Morgan fingerprint density at radius 1 is 0.290 bits per heavy atom. The van der Waals surface area contributed by atoms with Gasteiger partial charge in [-0.25, -0.2) is 0 Å². The predicted octanol–water partition coefficient (Wildman–Crippen LogP) is 20.2. The number of unbranched alkanes of at least 4 members (excludes halogenated alkanes) is 36. The molecule has 0 saturated heterocycles. The number of allylic oxidation sites excluding steroid dienone is 8. The molecule has 0 heterocycles. The van der Waals surface area contributed by atoms with Crippen LogP contribution in [0.2, 0.25) is 0 Å². The Hall–Kier alpha value is -2.63. The Labute approximate surface area is 428 Å². The number of ether oxygens (including phenoxy) is 3. The fourth-order valence-electron chi connectivity index (χ4n) is 8.73. The molecule has 0 aromatic heterocycles. The van der Waals surface area contributed by atoms with E-state index in [0.29, 0.717) is 19.3 Å². The van der Waals surface area contributed by atoms with Crippen molar-refractivity contribution < 1.29 is 28.6 Å². The van der Waals surface area contributed by atoms with Crippen LogP contribution in [-0.2, 0) is 28.6 Å². The quantitative estimate of drug-likeness (QED) is 0.0262. The molecule has 0 aromatic carbocycles. The van der Waals surface area contributed by atoms with Crippen LogP contribution in [0, 0.1) is 0 Å². The zero-order valence-electron chi connectivity index (χ0n) is 46.1. The van der Waals surface area contributed by atoms with Crippen molar-refractivity contribution in [2.24, 2.45) is 0 Å². The minimum Gasteiger partial charge on any atom is -0.462 e. The Bertz CT molecular complexity index is 1200. The van der Waals surface area contributed by atoms with E-state index in [1.165, 1.54) is 193 Å². The summed E-state index contributed by atoms with van der Waals surface area (Å²) >= 11 is 0. The van der Waals surface area contributed by atoms with Crippen LogP contribution in [0.3, 0.4) is 0 Å². The minimum absolute atomic E-state index is 0.0768. The van der Waals surface area contributed by atoms with Gasteiger partial charge in [-0.2, -0.15) is 0 Å². The molecule has 6 heteroatoms. The van der Waals surface area contributed by atoms with Crippen LogP contribution in [0.4, 0.5) is 0 Å². The first-order valence-corrected chi connectivity index (χ1v) is 30.1. The van der Waals surface area contributed by atoms with Gasteiger partial charge in [0, 0.05) is 19.3 Å². The summed E-state index contributed by atoms with van der Waals surface area (Å²) in [5, 5.41) is 0. The molecule has 0 radical (unpaired) electrons. The summed E-state index contributed by atoms with van der Waals surface area (Å²) in [6.45, 7) is 6.62. The predicted molar refractivity (Wildman–Crippen MR) is 298 cm³/mol. The van der Waals surface area contributed by atoms with Crippen LogP contribution in [0.25, 0.3) is 0 Å². The van der Waals surface area contributed by atoms with Crippen LogP contribution in [-0.4, -0.2) is 37.2 Å². The molecular weight excluding hydrogens is 853 g/mol. The van der Waals surface area contributed by atoms with Gasteiger partial charge in [-0.05, 0) is 77.0 Å². The van der Waals surface area contributed by atoms with Gasteiger partial charge < -0.3 is 14.2 Å². The highest BCUT2D eigenvalue weighted by molar-refractivity contribution is 5.71. The second-order valence-electron chi connectivity index (χ2n) is 20.3. The van der Waals surface area contributed by atoms with E-state index < -0.39 is 6.10 Å². The van der Waals surface area contributed by atoms with Crippen molar-refractivity contribution in [3.63, 3.8) is 0 Å². The normalized spacial score (nSPS) is 12.3. The monoisotopic (exact) mass is 967 g/mol. The molecule has 0 fully saturated rings. The lowest BCUT2D eigenvalue weighted by Crippen LogP contribution is -2.30. The highest BCUT2D eigenvalue weighted by Crippen LogP contribution is 2.16. The smallest absolute Gasteiger partial charge is 0.306 e. The Kier molecular flexibility index (Phi) is 55.7. The zero-order valence-corrected chi connectivity index (χ0v) is 46.1. The third-order valence-electron chi connectivity index (χ3n) is 13.3. The van der Waals surface area contributed by atoms with Crippen LogP contribution in [0.15, 0.2) is 48.6 Å². The molecule has 0 N–H and O–H groups in total. The van der Waals surface area contributed by atoms with Gasteiger partial charge in [-0.3, -0.25) is 14.4 Å². The molecule has 0 bridgehead atoms. The van der Waals surface area contributed by atoms with E-state index in [1.807, 2.05) is 0 Å². The molecule has 0 aliphatic rings. The van der Waals surface area contributed by atoms with E-state index in [1.54, 1.807) is 0 Å². The second kappa shape index (κ2) is 57.9. The summed E-state index contributed by atoms with van der Waals surface area (Å²) in [4.78, 5) is 38.1. The van der Waals surface area contributed by atoms with Crippen molar-refractivity contribution in [2.45, 2.75) is 322 Å². The van der Waals surface area contributed by atoms with Gasteiger partial charge in [0.05, 0.1) is 0 Å². The van der Waals surface area contributed by atoms with Crippen LogP contribution in [0.1, 0.15) is 316 Å². The SMILES string of the molecule is CCCC/C=C\CCCCCCCC(=O)OCC(COC(=O)CCCCCCCCCC/C=C\C/C=C\C/C=C\CCCCCCC)OC(=O)CCCCCCCCCCCCCCCCCCC. The summed E-state index contributed by atoms with van der Waals surface area (Å²) in [6.07, 6.45) is 71.1. The molecule has 69 heavy (non-hydrogen) atoms. The average Bonchev–Trinajstić information content (AvgIpc) is 3.35. The third kappa shape index (κ3) is 56.2.